The van der Waals surface area contributed by atoms with Crippen LogP contribution in [0.15, 0.2) is 42.7 Å². The van der Waals surface area contributed by atoms with E-state index in [-0.39, 0.29) is 18.6 Å². The van der Waals surface area contributed by atoms with Crippen LogP contribution in [0.1, 0.15) is 45.0 Å². The highest BCUT2D eigenvalue weighted by atomic mass is 16.5. The van der Waals surface area contributed by atoms with Crippen LogP contribution in [-0.2, 0) is 16.3 Å². The first-order valence-corrected chi connectivity index (χ1v) is 7.13. The molecule has 0 saturated carbocycles. The minimum atomic E-state index is -0.494. The summed E-state index contributed by atoms with van der Waals surface area (Å²) in [4.78, 5) is 16.3. The minimum Gasteiger partial charge on any atom is -0.443 e. The van der Waals surface area contributed by atoms with Gasteiger partial charge in [0.2, 0.25) is 0 Å². The number of rotatable bonds is 4. The summed E-state index contributed by atoms with van der Waals surface area (Å²) in [5.74, 6) is 0.826. The fourth-order valence-corrected chi connectivity index (χ4v) is 2.05. The predicted molar refractivity (Wildman–Crippen MR) is 81.7 cm³/mol. The highest BCUT2D eigenvalue weighted by Gasteiger charge is 2.23. The van der Waals surface area contributed by atoms with Gasteiger partial charge in [0.25, 0.3) is 0 Å². The van der Waals surface area contributed by atoms with E-state index in [1.165, 1.54) is 5.56 Å². The Balaban J connectivity index is 2.11. The molecule has 0 amide bonds. The van der Waals surface area contributed by atoms with Crippen LogP contribution in [-0.4, -0.2) is 15.5 Å². The number of carbonyl (C=O) groups is 1. The number of esters is 1. The van der Waals surface area contributed by atoms with Crippen LogP contribution in [0.3, 0.4) is 0 Å². The predicted octanol–water partition coefficient (Wildman–Crippen LogP) is 3.58. The molecule has 112 valence electrons. The van der Waals surface area contributed by atoms with Gasteiger partial charge in [-0.2, -0.15) is 0 Å². The van der Waals surface area contributed by atoms with Gasteiger partial charge < -0.3 is 9.30 Å². The van der Waals surface area contributed by atoms with Crippen LogP contribution in [0, 0.1) is 5.41 Å². The Morgan fingerprint density at radius 3 is 2.57 bits per heavy atom. The monoisotopic (exact) mass is 286 g/mol. The number of ether oxygens (including phenoxy) is 1. The summed E-state index contributed by atoms with van der Waals surface area (Å²) in [7, 11) is 0. The van der Waals surface area contributed by atoms with Gasteiger partial charge >= 0.3 is 5.97 Å². The second-order valence-corrected chi connectivity index (χ2v) is 6.20. The molecule has 1 aromatic heterocycles. The molecule has 21 heavy (non-hydrogen) atoms. The lowest BCUT2D eigenvalue weighted by atomic mass is 9.97. The fourth-order valence-electron chi connectivity index (χ4n) is 2.05. The molecule has 0 radical (unpaired) electrons. The number of nitrogens with zero attached hydrogens (tertiary/aromatic N) is 2. The molecule has 1 heterocycles. The van der Waals surface area contributed by atoms with Crippen molar-refractivity contribution < 1.29 is 9.53 Å². The average Bonchev–Trinajstić information content (AvgIpc) is 2.92. The molecule has 4 nitrogen and oxygen atoms in total. The Labute approximate surface area is 125 Å². The minimum absolute atomic E-state index is 0.148. The molecule has 0 aliphatic rings. The van der Waals surface area contributed by atoms with Crippen LogP contribution in [0.25, 0.3) is 0 Å². The third kappa shape index (κ3) is 3.72. The number of carbonyl (C=O) groups excluding carboxylic acids is 1. The van der Waals surface area contributed by atoms with Crippen molar-refractivity contribution in [3.63, 3.8) is 0 Å². The van der Waals surface area contributed by atoms with Gasteiger partial charge in [-0.1, -0.05) is 37.3 Å². The van der Waals surface area contributed by atoms with Gasteiger partial charge in [0.1, 0.15) is 5.82 Å². The molecule has 0 aliphatic heterocycles. The van der Waals surface area contributed by atoms with Gasteiger partial charge in [0.05, 0.1) is 5.41 Å². The standard InChI is InChI=1S/C17H22N2O2/c1-13(14-8-6-5-7-9-14)15-18-10-11-19(15)12-21-16(20)17(2,3)4/h5-11,13H,12H2,1-4H3. The Bertz CT molecular complexity index is 597. The van der Waals surface area contributed by atoms with Gasteiger partial charge in [-0.15, -0.1) is 0 Å². The molecule has 0 aliphatic carbocycles. The van der Waals surface area contributed by atoms with E-state index in [0.717, 1.165) is 5.82 Å². The van der Waals surface area contributed by atoms with E-state index in [1.54, 1.807) is 6.20 Å². The van der Waals surface area contributed by atoms with Crippen LogP contribution in [0.2, 0.25) is 0 Å². The van der Waals surface area contributed by atoms with E-state index in [4.69, 9.17) is 4.74 Å². The van der Waals surface area contributed by atoms with Crippen molar-refractivity contribution in [3.8, 4) is 0 Å². The highest BCUT2D eigenvalue weighted by molar-refractivity contribution is 5.75. The Morgan fingerprint density at radius 2 is 1.95 bits per heavy atom. The van der Waals surface area contributed by atoms with E-state index in [9.17, 15) is 4.79 Å². The average molecular weight is 286 g/mol. The van der Waals surface area contributed by atoms with Crippen LogP contribution < -0.4 is 0 Å². The van der Waals surface area contributed by atoms with Crippen molar-refractivity contribution in [1.29, 1.82) is 0 Å². The van der Waals surface area contributed by atoms with Crippen molar-refractivity contribution in [3.05, 3.63) is 54.1 Å². The zero-order chi connectivity index (χ0) is 15.5. The number of hydrogen-bond acceptors (Lipinski definition) is 3. The Kier molecular flexibility index (Phi) is 4.46. The summed E-state index contributed by atoms with van der Waals surface area (Å²) in [6.45, 7) is 7.83. The van der Waals surface area contributed by atoms with Gasteiger partial charge in [0.15, 0.2) is 6.73 Å². The van der Waals surface area contributed by atoms with Crippen molar-refractivity contribution >= 4 is 5.97 Å². The van der Waals surface area contributed by atoms with Gasteiger partial charge in [-0.25, -0.2) is 4.98 Å². The van der Waals surface area contributed by atoms with Crippen molar-refractivity contribution in [1.82, 2.24) is 9.55 Å². The zero-order valence-corrected chi connectivity index (χ0v) is 13.0. The normalized spacial score (nSPS) is 13.0. The van der Waals surface area contributed by atoms with Gasteiger partial charge in [0, 0.05) is 18.3 Å². The number of aromatic nitrogens is 2. The second-order valence-electron chi connectivity index (χ2n) is 6.20. The first-order chi connectivity index (χ1) is 9.89. The lowest BCUT2D eigenvalue weighted by Gasteiger charge is -2.19. The molecule has 1 unspecified atom stereocenters. The summed E-state index contributed by atoms with van der Waals surface area (Å²) in [6, 6.07) is 10.2. The molecule has 2 aromatic rings. The molecule has 1 atom stereocenters. The Morgan fingerprint density at radius 1 is 1.29 bits per heavy atom. The first kappa shape index (κ1) is 15.3. The Hall–Kier alpha value is -2.10. The molecule has 0 saturated heterocycles. The lowest BCUT2D eigenvalue weighted by molar-refractivity contribution is -0.157. The van der Waals surface area contributed by atoms with Crippen molar-refractivity contribution in [2.24, 2.45) is 5.41 Å². The summed E-state index contributed by atoms with van der Waals surface area (Å²) >= 11 is 0. The van der Waals surface area contributed by atoms with Crippen LogP contribution >= 0.6 is 0 Å². The number of imidazole rings is 1. The third-order valence-electron chi connectivity index (χ3n) is 3.38. The molecule has 1 aromatic carbocycles. The fraction of sp³-hybridized carbons (Fsp3) is 0.412. The molecule has 4 heteroatoms. The molecule has 2 rings (SSSR count). The topological polar surface area (TPSA) is 44.1 Å². The largest absolute Gasteiger partial charge is 0.443 e. The quantitative estimate of drug-likeness (QED) is 0.807. The molecular formula is C17H22N2O2. The van der Waals surface area contributed by atoms with Gasteiger partial charge in [-0.3, -0.25) is 4.79 Å². The summed E-state index contributed by atoms with van der Waals surface area (Å²) in [6.07, 6.45) is 3.57. The molecule has 0 fully saturated rings. The lowest BCUT2D eigenvalue weighted by Crippen LogP contribution is -2.24. The molecule has 0 bridgehead atoms. The van der Waals surface area contributed by atoms with Crippen LogP contribution in [0.5, 0.6) is 0 Å². The second kappa shape index (κ2) is 6.12. The maximum Gasteiger partial charge on any atom is 0.312 e. The number of benzene rings is 1. The third-order valence-corrected chi connectivity index (χ3v) is 3.38. The number of hydrogen-bond donors (Lipinski definition) is 0. The van der Waals surface area contributed by atoms with E-state index in [0.29, 0.717) is 0 Å². The smallest absolute Gasteiger partial charge is 0.312 e. The molecular weight excluding hydrogens is 264 g/mol. The van der Waals surface area contributed by atoms with Crippen molar-refractivity contribution in [2.45, 2.75) is 40.3 Å². The maximum atomic E-state index is 11.9. The van der Waals surface area contributed by atoms with E-state index in [1.807, 2.05) is 49.7 Å². The summed E-state index contributed by atoms with van der Waals surface area (Å²) < 4.78 is 7.24. The van der Waals surface area contributed by atoms with E-state index < -0.39 is 5.41 Å². The first-order valence-electron chi connectivity index (χ1n) is 7.13. The molecule has 0 spiro atoms. The van der Waals surface area contributed by atoms with E-state index >= 15 is 0 Å². The zero-order valence-electron chi connectivity index (χ0n) is 13.0. The summed E-state index contributed by atoms with van der Waals surface area (Å²) in [5.41, 5.74) is 0.693. The summed E-state index contributed by atoms with van der Waals surface area (Å²) in [5, 5.41) is 0. The molecule has 0 N–H and O–H groups in total. The van der Waals surface area contributed by atoms with Crippen molar-refractivity contribution in [2.75, 3.05) is 0 Å². The maximum absolute atomic E-state index is 11.9. The highest BCUT2D eigenvalue weighted by Crippen LogP contribution is 2.23. The van der Waals surface area contributed by atoms with Gasteiger partial charge in [-0.05, 0) is 26.3 Å². The van der Waals surface area contributed by atoms with Crippen LogP contribution in [0.4, 0.5) is 0 Å². The van der Waals surface area contributed by atoms with E-state index in [2.05, 4.69) is 24.0 Å². The SMILES string of the molecule is CC(c1ccccc1)c1nccn1COC(=O)C(C)(C)C.